The summed E-state index contributed by atoms with van der Waals surface area (Å²) in [5.41, 5.74) is 7.50. The van der Waals surface area contributed by atoms with Crippen LogP contribution in [0.15, 0.2) is 30.3 Å². The van der Waals surface area contributed by atoms with Gasteiger partial charge in [-0.15, -0.1) is 0 Å². The summed E-state index contributed by atoms with van der Waals surface area (Å²) in [7, 11) is 0. The average molecular weight is 193 g/mol. The van der Waals surface area contributed by atoms with E-state index in [4.69, 9.17) is 5.73 Å². The van der Waals surface area contributed by atoms with E-state index in [1.54, 1.807) is 0 Å². The van der Waals surface area contributed by atoms with Gasteiger partial charge in [0, 0.05) is 17.7 Å². The fourth-order valence-corrected chi connectivity index (χ4v) is 2.97. The maximum atomic E-state index is 6.09. The van der Waals surface area contributed by atoms with E-state index in [0.717, 1.165) is 5.75 Å². The van der Waals surface area contributed by atoms with Crippen molar-refractivity contribution in [2.75, 3.05) is 11.5 Å². The molecule has 2 N–H and O–H groups in total. The second-order valence-electron chi connectivity index (χ2n) is 3.54. The summed E-state index contributed by atoms with van der Waals surface area (Å²) in [6.07, 6.45) is 1.23. The summed E-state index contributed by atoms with van der Waals surface area (Å²) in [5.74, 6) is 2.95. The van der Waals surface area contributed by atoms with Crippen molar-refractivity contribution in [3.8, 4) is 0 Å². The van der Waals surface area contributed by atoms with Crippen molar-refractivity contribution in [1.82, 2.24) is 0 Å². The Morgan fingerprint density at radius 3 is 2.69 bits per heavy atom. The molecule has 0 amide bonds. The molecule has 2 rings (SSSR count). The predicted octanol–water partition coefficient (Wildman–Crippen LogP) is 2.23. The number of hydrogen-bond acceptors (Lipinski definition) is 2. The molecule has 13 heavy (non-hydrogen) atoms. The first-order chi connectivity index (χ1) is 6.38. The lowest BCUT2D eigenvalue weighted by atomic mass is 9.90. The summed E-state index contributed by atoms with van der Waals surface area (Å²) in [4.78, 5) is 0. The number of rotatable bonds is 1. The smallest absolute Gasteiger partial charge is 0.0200 e. The summed E-state index contributed by atoms with van der Waals surface area (Å²) in [5, 5.41) is 0. The van der Waals surface area contributed by atoms with Gasteiger partial charge in [-0.1, -0.05) is 30.3 Å². The van der Waals surface area contributed by atoms with Crippen LogP contribution in [0.2, 0.25) is 0 Å². The Labute approximate surface area is 83.7 Å². The summed E-state index contributed by atoms with van der Waals surface area (Å²) >= 11 is 1.98. The molecule has 0 bridgehead atoms. The van der Waals surface area contributed by atoms with Crippen LogP contribution >= 0.6 is 11.8 Å². The van der Waals surface area contributed by atoms with Crippen LogP contribution in [0.1, 0.15) is 17.9 Å². The molecule has 1 aromatic rings. The molecule has 0 radical (unpaired) electrons. The second-order valence-corrected chi connectivity index (χ2v) is 4.69. The maximum Gasteiger partial charge on any atom is 0.0200 e. The number of thioether (sulfide) groups is 1. The highest BCUT2D eigenvalue weighted by Gasteiger charge is 2.22. The summed E-state index contributed by atoms with van der Waals surface area (Å²) in [6, 6.07) is 11.0. The zero-order valence-corrected chi connectivity index (χ0v) is 8.46. The van der Waals surface area contributed by atoms with Crippen LogP contribution in [-0.4, -0.2) is 17.5 Å². The third-order valence-electron chi connectivity index (χ3n) is 2.63. The molecule has 1 aromatic carbocycles. The van der Waals surface area contributed by atoms with Gasteiger partial charge in [0.25, 0.3) is 0 Å². The summed E-state index contributed by atoms with van der Waals surface area (Å²) < 4.78 is 0. The van der Waals surface area contributed by atoms with Crippen molar-refractivity contribution in [3.63, 3.8) is 0 Å². The Morgan fingerprint density at radius 1 is 1.23 bits per heavy atom. The molecule has 1 aliphatic rings. The van der Waals surface area contributed by atoms with Crippen LogP contribution < -0.4 is 5.73 Å². The normalized spacial score (nSPS) is 28.7. The molecule has 1 heterocycles. The van der Waals surface area contributed by atoms with Crippen molar-refractivity contribution in [3.05, 3.63) is 35.9 Å². The topological polar surface area (TPSA) is 26.0 Å². The largest absolute Gasteiger partial charge is 0.326 e. The minimum atomic E-state index is 0.348. The van der Waals surface area contributed by atoms with E-state index in [1.807, 2.05) is 11.8 Å². The molecule has 1 aliphatic heterocycles. The highest BCUT2D eigenvalue weighted by Crippen LogP contribution is 2.30. The average Bonchev–Trinajstić information content (AvgIpc) is 2.20. The minimum Gasteiger partial charge on any atom is -0.326 e. The van der Waals surface area contributed by atoms with Gasteiger partial charge in [0.05, 0.1) is 0 Å². The molecule has 2 unspecified atom stereocenters. The van der Waals surface area contributed by atoms with Crippen molar-refractivity contribution < 1.29 is 0 Å². The van der Waals surface area contributed by atoms with Crippen molar-refractivity contribution in [2.24, 2.45) is 5.73 Å². The lowest BCUT2D eigenvalue weighted by Crippen LogP contribution is -2.34. The van der Waals surface area contributed by atoms with Gasteiger partial charge in [0.1, 0.15) is 0 Å². The van der Waals surface area contributed by atoms with Gasteiger partial charge < -0.3 is 5.73 Å². The van der Waals surface area contributed by atoms with E-state index in [-0.39, 0.29) is 0 Å². The Hall–Kier alpha value is -0.470. The van der Waals surface area contributed by atoms with E-state index in [2.05, 4.69) is 30.3 Å². The van der Waals surface area contributed by atoms with Crippen LogP contribution in [-0.2, 0) is 0 Å². The molecule has 70 valence electrons. The van der Waals surface area contributed by atoms with Crippen LogP contribution in [0.5, 0.6) is 0 Å². The molecule has 0 aliphatic carbocycles. The molecule has 1 fully saturated rings. The fourth-order valence-electron chi connectivity index (χ4n) is 1.87. The Bertz CT molecular complexity index is 260. The SMILES string of the molecule is NC1CSCCC1c1ccccc1. The van der Waals surface area contributed by atoms with Crippen molar-refractivity contribution in [2.45, 2.75) is 18.4 Å². The number of benzene rings is 1. The Morgan fingerprint density at radius 2 is 2.00 bits per heavy atom. The molecule has 0 spiro atoms. The molecule has 2 heteroatoms. The van der Waals surface area contributed by atoms with Gasteiger partial charge in [0.15, 0.2) is 0 Å². The molecular formula is C11H15NS. The van der Waals surface area contributed by atoms with E-state index in [0.29, 0.717) is 12.0 Å². The first kappa shape index (κ1) is 9.10. The minimum absolute atomic E-state index is 0.348. The highest BCUT2D eigenvalue weighted by atomic mass is 32.2. The standard InChI is InChI=1S/C11H15NS/c12-11-8-13-7-6-10(11)9-4-2-1-3-5-9/h1-5,10-11H,6-8,12H2. The van der Waals surface area contributed by atoms with Crippen molar-refractivity contribution >= 4 is 11.8 Å². The molecule has 2 atom stereocenters. The second kappa shape index (κ2) is 4.16. The van der Waals surface area contributed by atoms with E-state index < -0.39 is 0 Å². The van der Waals surface area contributed by atoms with Crippen LogP contribution in [0.25, 0.3) is 0 Å². The monoisotopic (exact) mass is 193 g/mol. The zero-order valence-electron chi connectivity index (χ0n) is 7.65. The van der Waals surface area contributed by atoms with Gasteiger partial charge in [-0.3, -0.25) is 0 Å². The first-order valence-electron chi connectivity index (χ1n) is 4.76. The lowest BCUT2D eigenvalue weighted by Gasteiger charge is -2.28. The Kier molecular flexibility index (Phi) is 2.91. The van der Waals surface area contributed by atoms with Gasteiger partial charge in [-0.25, -0.2) is 0 Å². The van der Waals surface area contributed by atoms with E-state index in [1.165, 1.54) is 17.7 Å². The number of hydrogen-bond donors (Lipinski definition) is 1. The van der Waals surface area contributed by atoms with Gasteiger partial charge in [-0.2, -0.15) is 11.8 Å². The van der Waals surface area contributed by atoms with E-state index >= 15 is 0 Å². The van der Waals surface area contributed by atoms with Gasteiger partial charge in [0.2, 0.25) is 0 Å². The quantitative estimate of drug-likeness (QED) is 0.740. The van der Waals surface area contributed by atoms with Crippen LogP contribution in [0, 0.1) is 0 Å². The molecular weight excluding hydrogens is 178 g/mol. The van der Waals surface area contributed by atoms with Gasteiger partial charge in [-0.05, 0) is 17.7 Å². The van der Waals surface area contributed by atoms with Crippen molar-refractivity contribution in [1.29, 1.82) is 0 Å². The molecule has 1 saturated heterocycles. The Balaban J connectivity index is 2.15. The highest BCUT2D eigenvalue weighted by molar-refractivity contribution is 7.99. The summed E-state index contributed by atoms with van der Waals surface area (Å²) in [6.45, 7) is 0. The molecule has 0 aromatic heterocycles. The maximum absolute atomic E-state index is 6.09. The van der Waals surface area contributed by atoms with Gasteiger partial charge >= 0.3 is 0 Å². The zero-order chi connectivity index (χ0) is 9.10. The predicted molar refractivity (Wildman–Crippen MR) is 59.1 cm³/mol. The lowest BCUT2D eigenvalue weighted by molar-refractivity contribution is 0.549. The van der Waals surface area contributed by atoms with E-state index in [9.17, 15) is 0 Å². The molecule has 0 saturated carbocycles. The van der Waals surface area contributed by atoms with Crippen LogP contribution in [0.4, 0.5) is 0 Å². The molecule has 1 nitrogen and oxygen atoms in total. The fraction of sp³-hybridized carbons (Fsp3) is 0.455. The third-order valence-corrected chi connectivity index (χ3v) is 3.77. The number of nitrogens with two attached hydrogens (primary N) is 1. The third kappa shape index (κ3) is 2.06. The van der Waals surface area contributed by atoms with Crippen LogP contribution in [0.3, 0.4) is 0 Å². The first-order valence-corrected chi connectivity index (χ1v) is 5.91.